The first-order valence-electron chi connectivity index (χ1n) is 3.68. The average Bonchev–Trinajstić information content (AvgIpc) is 2.01. The molecular formula is C9H11N3. The van der Waals surface area contributed by atoms with Gasteiger partial charge in [-0.3, -0.25) is 0 Å². The Morgan fingerprint density at radius 2 is 1.83 bits per heavy atom. The van der Waals surface area contributed by atoms with Crippen LogP contribution in [0.1, 0.15) is 16.8 Å². The second-order valence-electron chi connectivity index (χ2n) is 2.79. The topological polar surface area (TPSA) is 43.3 Å². The summed E-state index contributed by atoms with van der Waals surface area (Å²) in [6.07, 6.45) is 0. The Balaban J connectivity index is 3.54. The summed E-state index contributed by atoms with van der Waals surface area (Å²) in [5, 5.41) is 0. The van der Waals surface area contributed by atoms with Crippen molar-refractivity contribution in [3.8, 4) is 0 Å². The van der Waals surface area contributed by atoms with Crippen molar-refractivity contribution >= 4 is 11.5 Å². The second kappa shape index (κ2) is 2.82. The fourth-order valence-corrected chi connectivity index (χ4v) is 1.10. The highest BCUT2D eigenvalue weighted by molar-refractivity contribution is 5.69. The maximum Gasteiger partial charge on any atom is 0.231 e. The summed E-state index contributed by atoms with van der Waals surface area (Å²) in [5.74, 6) is 0.339. The Morgan fingerprint density at radius 1 is 1.25 bits per heavy atom. The first-order valence-corrected chi connectivity index (χ1v) is 3.68. The molecule has 1 heterocycles. The van der Waals surface area contributed by atoms with Gasteiger partial charge >= 0.3 is 0 Å². The van der Waals surface area contributed by atoms with Gasteiger partial charge in [0.2, 0.25) is 5.69 Å². The molecule has 62 valence electrons. The van der Waals surface area contributed by atoms with Gasteiger partial charge in [-0.15, -0.1) is 0 Å². The lowest BCUT2D eigenvalue weighted by molar-refractivity contribution is 1.14. The van der Waals surface area contributed by atoms with Gasteiger partial charge in [-0.05, 0) is 31.9 Å². The number of hydrogen-bond donors (Lipinski definition) is 1. The van der Waals surface area contributed by atoms with Gasteiger partial charge in [-0.25, -0.2) is 9.83 Å². The van der Waals surface area contributed by atoms with Gasteiger partial charge in [-0.2, -0.15) is 0 Å². The third-order valence-corrected chi connectivity index (χ3v) is 2.10. The van der Waals surface area contributed by atoms with Crippen LogP contribution in [0.5, 0.6) is 0 Å². The van der Waals surface area contributed by atoms with Crippen molar-refractivity contribution in [1.29, 1.82) is 0 Å². The molecule has 0 unspecified atom stereocenters. The van der Waals surface area contributed by atoms with Crippen molar-refractivity contribution in [3.63, 3.8) is 0 Å². The zero-order valence-electron chi connectivity index (χ0n) is 7.47. The minimum Gasteiger partial charge on any atom is -0.392 e. The summed E-state index contributed by atoms with van der Waals surface area (Å²) in [6.45, 7) is 12.6. The molecule has 0 saturated carbocycles. The number of nitrogen functional groups attached to an aromatic ring is 1. The normalized spacial score (nSPS) is 9.50. The smallest absolute Gasteiger partial charge is 0.231 e. The molecule has 0 amide bonds. The minimum atomic E-state index is 0.339. The van der Waals surface area contributed by atoms with Gasteiger partial charge in [0.25, 0.3) is 0 Å². The number of nitrogens with two attached hydrogens (primary N) is 1. The SMILES string of the molecule is [C-]#[N+]c1c(N)nc(C)c(C)c1C. The Morgan fingerprint density at radius 3 is 2.33 bits per heavy atom. The van der Waals surface area contributed by atoms with Gasteiger partial charge in [0, 0.05) is 5.69 Å². The number of aromatic nitrogens is 1. The van der Waals surface area contributed by atoms with Crippen LogP contribution in [0.25, 0.3) is 4.85 Å². The van der Waals surface area contributed by atoms with Crippen molar-refractivity contribution in [1.82, 2.24) is 4.98 Å². The maximum absolute atomic E-state index is 6.90. The van der Waals surface area contributed by atoms with Crippen molar-refractivity contribution in [2.45, 2.75) is 20.8 Å². The maximum atomic E-state index is 6.90. The van der Waals surface area contributed by atoms with Crippen LogP contribution in [-0.2, 0) is 0 Å². The van der Waals surface area contributed by atoms with Crippen LogP contribution in [0.2, 0.25) is 0 Å². The number of pyridine rings is 1. The molecule has 0 atom stereocenters. The van der Waals surface area contributed by atoms with Crippen molar-refractivity contribution in [2.24, 2.45) is 0 Å². The molecule has 0 aliphatic rings. The lowest BCUT2D eigenvalue weighted by Crippen LogP contribution is -1.97. The average molecular weight is 161 g/mol. The molecule has 3 nitrogen and oxygen atoms in total. The predicted molar refractivity (Wildman–Crippen MR) is 49.1 cm³/mol. The van der Waals surface area contributed by atoms with Crippen LogP contribution in [0, 0.1) is 27.3 Å². The zero-order valence-corrected chi connectivity index (χ0v) is 7.47. The highest BCUT2D eigenvalue weighted by Gasteiger charge is 2.08. The molecule has 0 radical (unpaired) electrons. The molecule has 0 bridgehead atoms. The van der Waals surface area contributed by atoms with Gasteiger partial charge in [-0.1, -0.05) is 0 Å². The van der Waals surface area contributed by atoms with E-state index in [4.69, 9.17) is 12.3 Å². The van der Waals surface area contributed by atoms with Crippen LogP contribution in [-0.4, -0.2) is 4.98 Å². The van der Waals surface area contributed by atoms with Crippen LogP contribution in [0.15, 0.2) is 0 Å². The van der Waals surface area contributed by atoms with Gasteiger partial charge in [0.15, 0.2) is 0 Å². The monoisotopic (exact) mass is 161 g/mol. The molecule has 1 rings (SSSR count). The minimum absolute atomic E-state index is 0.339. The van der Waals surface area contributed by atoms with Crippen molar-refractivity contribution < 1.29 is 0 Å². The van der Waals surface area contributed by atoms with Crippen LogP contribution in [0.3, 0.4) is 0 Å². The molecule has 1 aromatic rings. The lowest BCUT2D eigenvalue weighted by Gasteiger charge is -2.07. The van der Waals surface area contributed by atoms with E-state index in [1.165, 1.54) is 0 Å². The van der Waals surface area contributed by atoms with Gasteiger partial charge in [0.1, 0.15) is 5.82 Å². The number of anilines is 1. The highest BCUT2D eigenvalue weighted by atomic mass is 14.9. The lowest BCUT2D eigenvalue weighted by atomic mass is 10.1. The number of aryl methyl sites for hydroxylation is 1. The standard InChI is InChI=1S/C9H11N3/c1-5-6(2)8(11-4)9(10)12-7(5)3/h1-3H3,(H2,10,12). The summed E-state index contributed by atoms with van der Waals surface area (Å²) in [4.78, 5) is 7.40. The van der Waals surface area contributed by atoms with E-state index in [9.17, 15) is 0 Å². The second-order valence-corrected chi connectivity index (χ2v) is 2.79. The third-order valence-electron chi connectivity index (χ3n) is 2.10. The van der Waals surface area contributed by atoms with Crippen LogP contribution < -0.4 is 5.73 Å². The van der Waals surface area contributed by atoms with Gasteiger partial charge in [0.05, 0.1) is 6.57 Å². The van der Waals surface area contributed by atoms with E-state index in [1.54, 1.807) is 0 Å². The first-order chi connectivity index (χ1) is 5.57. The van der Waals surface area contributed by atoms with Crippen molar-refractivity contribution in [2.75, 3.05) is 5.73 Å². The van der Waals surface area contributed by atoms with E-state index >= 15 is 0 Å². The molecule has 0 spiro atoms. The zero-order chi connectivity index (χ0) is 9.30. The van der Waals surface area contributed by atoms with Crippen molar-refractivity contribution in [3.05, 3.63) is 28.2 Å². The van der Waals surface area contributed by atoms with E-state index < -0.39 is 0 Å². The first kappa shape index (κ1) is 8.54. The molecule has 0 aromatic carbocycles. The largest absolute Gasteiger partial charge is 0.392 e. The molecular weight excluding hydrogens is 150 g/mol. The molecule has 0 saturated heterocycles. The molecule has 0 aliphatic heterocycles. The summed E-state index contributed by atoms with van der Waals surface area (Å²) in [7, 11) is 0. The number of rotatable bonds is 0. The molecule has 2 N–H and O–H groups in total. The van der Waals surface area contributed by atoms with E-state index in [-0.39, 0.29) is 0 Å². The van der Waals surface area contributed by atoms with Crippen LogP contribution in [0.4, 0.5) is 11.5 Å². The molecule has 0 fully saturated rings. The number of nitrogens with zero attached hydrogens (tertiary/aromatic N) is 2. The molecule has 12 heavy (non-hydrogen) atoms. The number of hydrogen-bond acceptors (Lipinski definition) is 2. The Bertz CT molecular complexity index is 361. The summed E-state index contributed by atoms with van der Waals surface area (Å²) < 4.78 is 0. The van der Waals surface area contributed by atoms with E-state index in [0.29, 0.717) is 11.5 Å². The quantitative estimate of drug-likeness (QED) is 0.592. The Kier molecular flexibility index (Phi) is 2.01. The summed E-state index contributed by atoms with van der Waals surface area (Å²) >= 11 is 0. The predicted octanol–water partition coefficient (Wildman–Crippen LogP) is 2.14. The van der Waals surface area contributed by atoms with E-state index in [0.717, 1.165) is 16.8 Å². The van der Waals surface area contributed by atoms with E-state index in [2.05, 4.69) is 9.83 Å². The highest BCUT2D eigenvalue weighted by Crippen LogP contribution is 2.28. The Labute approximate surface area is 72.1 Å². The molecule has 1 aromatic heterocycles. The van der Waals surface area contributed by atoms with E-state index in [1.807, 2.05) is 20.8 Å². The summed E-state index contributed by atoms with van der Waals surface area (Å²) in [6, 6.07) is 0. The molecule has 3 heteroatoms. The fourth-order valence-electron chi connectivity index (χ4n) is 1.10. The third kappa shape index (κ3) is 1.12. The van der Waals surface area contributed by atoms with Crippen LogP contribution >= 0.6 is 0 Å². The fraction of sp³-hybridized carbons (Fsp3) is 0.333. The van der Waals surface area contributed by atoms with Gasteiger partial charge < -0.3 is 5.73 Å². The Hall–Kier alpha value is -1.56. The summed E-state index contributed by atoms with van der Waals surface area (Å²) in [5.41, 5.74) is 8.95. The molecule has 0 aliphatic carbocycles.